The summed E-state index contributed by atoms with van der Waals surface area (Å²) >= 11 is 0. The molecule has 0 bridgehead atoms. The Morgan fingerprint density at radius 3 is 2.38 bits per heavy atom. The lowest BCUT2D eigenvalue weighted by Gasteiger charge is -2.26. The van der Waals surface area contributed by atoms with E-state index in [0.29, 0.717) is 22.6 Å². The first kappa shape index (κ1) is 20.4. The summed E-state index contributed by atoms with van der Waals surface area (Å²) in [6.45, 7) is 0.416. The van der Waals surface area contributed by atoms with Crippen molar-refractivity contribution in [3.8, 4) is 11.5 Å². The van der Waals surface area contributed by atoms with Gasteiger partial charge in [0.05, 0.1) is 32.4 Å². The number of amides is 1. The molecule has 1 amide bonds. The van der Waals surface area contributed by atoms with Gasteiger partial charge in [0.25, 0.3) is 11.7 Å². The van der Waals surface area contributed by atoms with E-state index >= 15 is 0 Å². The van der Waals surface area contributed by atoms with Crippen LogP contribution in [0.4, 0.5) is 0 Å². The molecule has 29 heavy (non-hydrogen) atoms. The number of rotatable bonds is 7. The second-order valence-corrected chi connectivity index (χ2v) is 6.46. The van der Waals surface area contributed by atoms with Crippen LogP contribution in [0.5, 0.6) is 11.5 Å². The summed E-state index contributed by atoms with van der Waals surface area (Å²) in [4.78, 5) is 27.1. The van der Waals surface area contributed by atoms with E-state index in [1.807, 2.05) is 0 Å². The maximum Gasteiger partial charge on any atom is 0.295 e. The average Bonchev–Trinajstić information content (AvgIpc) is 3.01. The maximum absolute atomic E-state index is 12.9. The fourth-order valence-electron chi connectivity index (χ4n) is 3.43. The van der Waals surface area contributed by atoms with Crippen LogP contribution in [0.1, 0.15) is 17.2 Å². The van der Waals surface area contributed by atoms with Gasteiger partial charge in [0, 0.05) is 24.8 Å². The Morgan fingerprint density at radius 1 is 1.03 bits per heavy atom. The zero-order valence-corrected chi connectivity index (χ0v) is 16.5. The molecule has 1 N–H and O–H groups in total. The number of likely N-dealkylation sites (tertiary alicyclic amines) is 1. The smallest absolute Gasteiger partial charge is 0.295 e. The fraction of sp³-hybridized carbons (Fsp3) is 0.273. The molecule has 0 aliphatic carbocycles. The molecular formula is C22H23NO6. The Labute approximate surface area is 169 Å². The molecule has 152 valence electrons. The highest BCUT2D eigenvalue weighted by Crippen LogP contribution is 2.43. The summed E-state index contributed by atoms with van der Waals surface area (Å²) in [6, 6.07) is 12.9. The molecular weight excluding hydrogens is 374 g/mol. The van der Waals surface area contributed by atoms with Crippen LogP contribution in [0, 0.1) is 0 Å². The van der Waals surface area contributed by atoms with Gasteiger partial charge in [-0.15, -0.1) is 0 Å². The van der Waals surface area contributed by atoms with Gasteiger partial charge in [0.1, 0.15) is 17.3 Å². The lowest BCUT2D eigenvalue weighted by atomic mass is 9.94. The number of carbonyl (C=O) groups is 2. The summed E-state index contributed by atoms with van der Waals surface area (Å²) in [5, 5.41) is 11.0. The highest BCUT2D eigenvalue weighted by Gasteiger charge is 2.47. The number of benzene rings is 2. The minimum Gasteiger partial charge on any atom is -0.507 e. The summed E-state index contributed by atoms with van der Waals surface area (Å²) in [7, 11) is 4.54. The highest BCUT2D eigenvalue weighted by molar-refractivity contribution is 6.46. The summed E-state index contributed by atoms with van der Waals surface area (Å²) in [5.41, 5.74) is 0.993. The third kappa shape index (κ3) is 3.82. The second-order valence-electron chi connectivity index (χ2n) is 6.46. The number of Topliss-reactive ketones (excluding diaryl/α,β-unsaturated/α-hetero) is 1. The van der Waals surface area contributed by atoms with E-state index in [2.05, 4.69) is 0 Å². The number of ether oxygens (including phenoxy) is 3. The van der Waals surface area contributed by atoms with Crippen LogP contribution in [0.25, 0.3) is 5.76 Å². The van der Waals surface area contributed by atoms with Crippen LogP contribution in [-0.4, -0.2) is 56.2 Å². The van der Waals surface area contributed by atoms with Gasteiger partial charge >= 0.3 is 0 Å². The number of nitrogens with zero attached hydrogens (tertiary/aromatic N) is 1. The summed E-state index contributed by atoms with van der Waals surface area (Å²) < 4.78 is 15.9. The first-order chi connectivity index (χ1) is 14.0. The van der Waals surface area contributed by atoms with Crippen LogP contribution < -0.4 is 9.47 Å². The van der Waals surface area contributed by atoms with Crippen molar-refractivity contribution in [3.63, 3.8) is 0 Å². The van der Waals surface area contributed by atoms with Gasteiger partial charge in [-0.3, -0.25) is 9.59 Å². The van der Waals surface area contributed by atoms with E-state index in [1.165, 1.54) is 26.2 Å². The largest absolute Gasteiger partial charge is 0.507 e. The summed E-state index contributed by atoms with van der Waals surface area (Å²) in [6.07, 6.45) is 0. The standard InChI is InChI=1S/C22H23NO6/c1-27-12-11-23-19(16-13-15(28-2)9-10-17(16)29-3)18(21(25)22(23)26)20(24)14-7-5-4-6-8-14/h4-10,13,19,24H,11-12H2,1-3H3/t19-/m0/s1. The van der Waals surface area contributed by atoms with Crippen molar-refractivity contribution in [2.75, 3.05) is 34.5 Å². The van der Waals surface area contributed by atoms with E-state index < -0.39 is 17.7 Å². The average molecular weight is 397 g/mol. The maximum atomic E-state index is 12.9. The van der Waals surface area contributed by atoms with E-state index in [9.17, 15) is 14.7 Å². The number of hydrogen-bond donors (Lipinski definition) is 1. The molecule has 0 radical (unpaired) electrons. The molecule has 1 atom stereocenters. The molecule has 1 aliphatic heterocycles. The predicted molar refractivity (Wildman–Crippen MR) is 107 cm³/mol. The Bertz CT molecular complexity index is 938. The van der Waals surface area contributed by atoms with Gasteiger partial charge in [-0.25, -0.2) is 0 Å². The van der Waals surface area contributed by atoms with Crippen molar-refractivity contribution in [1.29, 1.82) is 0 Å². The van der Waals surface area contributed by atoms with Crippen molar-refractivity contribution < 1.29 is 28.9 Å². The normalized spacial score (nSPS) is 18.2. The Balaban J connectivity index is 2.24. The van der Waals surface area contributed by atoms with Crippen molar-refractivity contribution in [3.05, 3.63) is 65.2 Å². The fourth-order valence-corrected chi connectivity index (χ4v) is 3.43. The number of hydrogen-bond acceptors (Lipinski definition) is 6. The summed E-state index contributed by atoms with van der Waals surface area (Å²) in [5.74, 6) is -0.678. The molecule has 1 heterocycles. The van der Waals surface area contributed by atoms with Crippen LogP contribution in [0.2, 0.25) is 0 Å². The number of aliphatic hydroxyl groups excluding tert-OH is 1. The first-order valence-corrected chi connectivity index (χ1v) is 9.08. The third-order valence-electron chi connectivity index (χ3n) is 4.85. The number of aliphatic hydroxyl groups is 1. The third-order valence-corrected chi connectivity index (χ3v) is 4.85. The number of methoxy groups -OCH3 is 3. The van der Waals surface area contributed by atoms with Gasteiger partial charge in [0.2, 0.25) is 0 Å². The van der Waals surface area contributed by atoms with Crippen molar-refractivity contribution in [1.82, 2.24) is 4.90 Å². The van der Waals surface area contributed by atoms with Crippen LogP contribution in [0.3, 0.4) is 0 Å². The van der Waals surface area contributed by atoms with E-state index in [4.69, 9.17) is 14.2 Å². The molecule has 0 spiro atoms. The molecule has 1 aliphatic rings. The predicted octanol–water partition coefficient (Wildman–Crippen LogP) is 2.77. The molecule has 0 aromatic heterocycles. The number of carbonyl (C=O) groups excluding carboxylic acids is 2. The topological polar surface area (TPSA) is 85.3 Å². The molecule has 1 saturated heterocycles. The van der Waals surface area contributed by atoms with Crippen LogP contribution in [0.15, 0.2) is 54.1 Å². The van der Waals surface area contributed by atoms with Gasteiger partial charge in [-0.2, -0.15) is 0 Å². The van der Waals surface area contributed by atoms with E-state index in [1.54, 1.807) is 48.5 Å². The monoisotopic (exact) mass is 397 g/mol. The Morgan fingerprint density at radius 2 is 1.76 bits per heavy atom. The zero-order valence-electron chi connectivity index (χ0n) is 16.5. The van der Waals surface area contributed by atoms with Gasteiger partial charge in [0.15, 0.2) is 0 Å². The quantitative estimate of drug-likeness (QED) is 0.439. The minimum atomic E-state index is -0.838. The minimum absolute atomic E-state index is 0.00357. The molecule has 2 aromatic rings. The molecule has 1 fully saturated rings. The van der Waals surface area contributed by atoms with Crippen molar-refractivity contribution in [2.45, 2.75) is 6.04 Å². The Hall–Kier alpha value is -3.32. The van der Waals surface area contributed by atoms with Gasteiger partial charge in [-0.1, -0.05) is 30.3 Å². The highest BCUT2D eigenvalue weighted by atomic mass is 16.5. The Kier molecular flexibility index (Phi) is 6.19. The second kappa shape index (κ2) is 8.79. The molecule has 0 unspecified atom stereocenters. The molecule has 7 heteroatoms. The molecule has 0 saturated carbocycles. The SMILES string of the molecule is COCCN1C(=O)C(=O)C(=C(O)c2ccccc2)[C@@H]1c1cc(OC)ccc1OC. The van der Waals surface area contributed by atoms with Gasteiger partial charge in [-0.05, 0) is 18.2 Å². The lowest BCUT2D eigenvalue weighted by Crippen LogP contribution is -2.32. The molecule has 2 aromatic carbocycles. The van der Waals surface area contributed by atoms with Crippen molar-refractivity contribution >= 4 is 17.4 Å². The molecule has 3 rings (SSSR count). The lowest BCUT2D eigenvalue weighted by molar-refractivity contribution is -0.140. The van der Waals surface area contributed by atoms with Crippen LogP contribution in [-0.2, 0) is 14.3 Å². The molecule has 7 nitrogen and oxygen atoms in total. The first-order valence-electron chi connectivity index (χ1n) is 9.08. The van der Waals surface area contributed by atoms with Crippen LogP contribution >= 0.6 is 0 Å². The number of ketones is 1. The van der Waals surface area contributed by atoms with E-state index in [-0.39, 0.29) is 24.5 Å². The zero-order chi connectivity index (χ0) is 21.0. The van der Waals surface area contributed by atoms with Gasteiger partial charge < -0.3 is 24.2 Å². The van der Waals surface area contributed by atoms with Crippen molar-refractivity contribution in [2.24, 2.45) is 0 Å². The van der Waals surface area contributed by atoms with E-state index in [0.717, 1.165) is 0 Å².